The first-order valence-electron chi connectivity index (χ1n) is 9.63. The average molecular weight is 397 g/mol. The Balaban J connectivity index is 1.31. The van der Waals surface area contributed by atoms with E-state index in [9.17, 15) is 4.79 Å². The van der Waals surface area contributed by atoms with E-state index in [1.165, 1.54) is 6.33 Å². The zero-order valence-corrected chi connectivity index (χ0v) is 16.1. The predicted octanol–water partition coefficient (Wildman–Crippen LogP) is 4.24. The number of carbonyl (C=O) groups is 1. The Kier molecular flexibility index (Phi) is 4.61. The fourth-order valence-corrected chi connectivity index (χ4v) is 3.48. The van der Waals surface area contributed by atoms with E-state index in [1.54, 1.807) is 17.1 Å². The SMILES string of the molecule is O=C(Nc1cccc(OCCn2cncn2)c1)c1cc2c(ccc3ccccc32)[nH]1. The van der Waals surface area contributed by atoms with Gasteiger partial charge in [-0.15, -0.1) is 0 Å². The molecule has 5 rings (SSSR count). The molecule has 2 aromatic heterocycles. The molecule has 7 heteroatoms. The summed E-state index contributed by atoms with van der Waals surface area (Å²) in [6.45, 7) is 1.05. The van der Waals surface area contributed by atoms with Gasteiger partial charge in [-0.25, -0.2) is 9.67 Å². The van der Waals surface area contributed by atoms with Crippen LogP contribution in [0, 0.1) is 0 Å². The van der Waals surface area contributed by atoms with Gasteiger partial charge in [0.15, 0.2) is 0 Å². The molecule has 0 aliphatic rings. The second kappa shape index (κ2) is 7.71. The molecule has 0 unspecified atom stereocenters. The maximum atomic E-state index is 12.8. The molecule has 0 spiro atoms. The van der Waals surface area contributed by atoms with Crippen LogP contribution in [-0.2, 0) is 6.54 Å². The zero-order valence-electron chi connectivity index (χ0n) is 16.1. The minimum absolute atomic E-state index is 0.199. The number of rotatable bonds is 6. The van der Waals surface area contributed by atoms with Gasteiger partial charge in [-0.1, -0.05) is 36.4 Å². The summed E-state index contributed by atoms with van der Waals surface area (Å²) >= 11 is 0. The molecule has 0 aliphatic carbocycles. The minimum atomic E-state index is -0.199. The fraction of sp³-hybridized carbons (Fsp3) is 0.0870. The Morgan fingerprint density at radius 1 is 1.03 bits per heavy atom. The van der Waals surface area contributed by atoms with Gasteiger partial charge in [0.05, 0.1) is 6.54 Å². The lowest BCUT2D eigenvalue weighted by atomic mass is 10.1. The Hall–Kier alpha value is -4.13. The number of fused-ring (bicyclic) bond motifs is 3. The van der Waals surface area contributed by atoms with Crippen molar-refractivity contribution < 1.29 is 9.53 Å². The molecule has 2 N–H and O–H groups in total. The number of nitrogens with zero attached hydrogens (tertiary/aromatic N) is 3. The van der Waals surface area contributed by atoms with E-state index in [1.807, 2.05) is 42.5 Å². The van der Waals surface area contributed by atoms with Crippen LogP contribution in [0.1, 0.15) is 10.5 Å². The third kappa shape index (κ3) is 3.60. The van der Waals surface area contributed by atoms with Crippen LogP contribution < -0.4 is 10.1 Å². The van der Waals surface area contributed by atoms with Gasteiger partial charge in [-0.05, 0) is 35.0 Å². The number of nitrogens with one attached hydrogen (secondary N) is 2. The minimum Gasteiger partial charge on any atom is -0.492 e. The molecule has 5 aromatic rings. The fourth-order valence-electron chi connectivity index (χ4n) is 3.48. The molecule has 2 heterocycles. The van der Waals surface area contributed by atoms with Crippen LogP contribution in [-0.4, -0.2) is 32.3 Å². The van der Waals surface area contributed by atoms with Crippen molar-refractivity contribution in [3.05, 3.63) is 85.1 Å². The van der Waals surface area contributed by atoms with Gasteiger partial charge in [-0.2, -0.15) is 5.10 Å². The van der Waals surface area contributed by atoms with Crippen LogP contribution in [0.4, 0.5) is 5.69 Å². The maximum absolute atomic E-state index is 12.8. The van der Waals surface area contributed by atoms with Gasteiger partial charge in [0.2, 0.25) is 0 Å². The molecule has 0 aliphatic heterocycles. The van der Waals surface area contributed by atoms with E-state index in [2.05, 4.69) is 38.6 Å². The summed E-state index contributed by atoms with van der Waals surface area (Å²) in [5.74, 6) is 0.477. The summed E-state index contributed by atoms with van der Waals surface area (Å²) in [5.41, 5.74) is 2.12. The van der Waals surface area contributed by atoms with Crippen LogP contribution in [0.15, 0.2) is 79.4 Å². The van der Waals surface area contributed by atoms with Gasteiger partial charge < -0.3 is 15.0 Å². The standard InChI is InChI=1S/C23H19N5O2/c29-23(22-13-20-19-7-2-1-4-16(19)8-9-21(20)27-22)26-17-5-3-6-18(12-17)30-11-10-28-15-24-14-25-28/h1-9,12-15,27H,10-11H2,(H,26,29). The van der Waals surface area contributed by atoms with Crippen molar-refractivity contribution in [2.75, 3.05) is 11.9 Å². The van der Waals surface area contributed by atoms with Crippen molar-refractivity contribution in [2.45, 2.75) is 6.54 Å². The van der Waals surface area contributed by atoms with Crippen molar-refractivity contribution in [3.8, 4) is 5.75 Å². The Bertz CT molecular complexity index is 1320. The summed E-state index contributed by atoms with van der Waals surface area (Å²) in [4.78, 5) is 19.9. The molecule has 148 valence electrons. The van der Waals surface area contributed by atoms with E-state index in [0.29, 0.717) is 30.3 Å². The van der Waals surface area contributed by atoms with Crippen molar-refractivity contribution in [3.63, 3.8) is 0 Å². The number of ether oxygens (including phenoxy) is 1. The molecule has 7 nitrogen and oxygen atoms in total. The molecular weight excluding hydrogens is 378 g/mol. The van der Waals surface area contributed by atoms with Crippen LogP contribution >= 0.6 is 0 Å². The molecule has 0 radical (unpaired) electrons. The number of carbonyl (C=O) groups excluding carboxylic acids is 1. The largest absolute Gasteiger partial charge is 0.492 e. The third-order valence-electron chi connectivity index (χ3n) is 4.92. The van der Waals surface area contributed by atoms with Crippen molar-refractivity contribution in [1.82, 2.24) is 19.7 Å². The highest BCUT2D eigenvalue weighted by Crippen LogP contribution is 2.26. The van der Waals surface area contributed by atoms with Gasteiger partial charge in [-0.3, -0.25) is 4.79 Å². The van der Waals surface area contributed by atoms with E-state index in [4.69, 9.17) is 4.74 Å². The Morgan fingerprint density at radius 2 is 1.97 bits per heavy atom. The quantitative estimate of drug-likeness (QED) is 0.449. The zero-order chi connectivity index (χ0) is 20.3. The van der Waals surface area contributed by atoms with E-state index in [-0.39, 0.29) is 5.91 Å². The van der Waals surface area contributed by atoms with E-state index < -0.39 is 0 Å². The predicted molar refractivity (Wildman–Crippen MR) is 116 cm³/mol. The van der Waals surface area contributed by atoms with Crippen LogP contribution in [0.3, 0.4) is 0 Å². The smallest absolute Gasteiger partial charge is 0.272 e. The van der Waals surface area contributed by atoms with Gasteiger partial charge in [0, 0.05) is 22.7 Å². The third-order valence-corrected chi connectivity index (χ3v) is 4.92. The number of anilines is 1. The number of aromatic nitrogens is 4. The lowest BCUT2D eigenvalue weighted by molar-refractivity contribution is 0.102. The van der Waals surface area contributed by atoms with Gasteiger partial charge >= 0.3 is 0 Å². The summed E-state index contributed by atoms with van der Waals surface area (Å²) in [6, 6.07) is 21.4. The second-order valence-corrected chi connectivity index (χ2v) is 6.92. The summed E-state index contributed by atoms with van der Waals surface area (Å²) in [7, 11) is 0. The summed E-state index contributed by atoms with van der Waals surface area (Å²) < 4.78 is 7.46. The lowest BCUT2D eigenvalue weighted by Gasteiger charge is -2.09. The molecule has 0 fully saturated rings. The highest BCUT2D eigenvalue weighted by atomic mass is 16.5. The van der Waals surface area contributed by atoms with Crippen LogP contribution in [0.2, 0.25) is 0 Å². The normalized spacial score (nSPS) is 11.1. The summed E-state index contributed by atoms with van der Waals surface area (Å²) in [6.07, 6.45) is 3.13. The first kappa shape index (κ1) is 17.9. The summed E-state index contributed by atoms with van der Waals surface area (Å²) in [5, 5.41) is 10.3. The van der Waals surface area contributed by atoms with Gasteiger partial charge in [0.25, 0.3) is 5.91 Å². The number of aromatic amines is 1. The maximum Gasteiger partial charge on any atom is 0.272 e. The van der Waals surface area contributed by atoms with Crippen molar-refractivity contribution >= 4 is 33.3 Å². The number of amides is 1. The Morgan fingerprint density at radius 3 is 2.87 bits per heavy atom. The van der Waals surface area contributed by atoms with E-state index in [0.717, 1.165) is 21.7 Å². The first-order valence-corrected chi connectivity index (χ1v) is 9.63. The second-order valence-electron chi connectivity index (χ2n) is 6.92. The molecule has 0 atom stereocenters. The number of benzene rings is 3. The van der Waals surface area contributed by atoms with Crippen LogP contribution in [0.5, 0.6) is 5.75 Å². The molecule has 3 aromatic carbocycles. The molecular formula is C23H19N5O2. The number of H-pyrrole nitrogens is 1. The molecule has 1 amide bonds. The molecule has 30 heavy (non-hydrogen) atoms. The highest BCUT2D eigenvalue weighted by molar-refractivity contribution is 6.12. The topological polar surface area (TPSA) is 84.8 Å². The molecule has 0 saturated carbocycles. The molecule has 0 saturated heterocycles. The molecule has 0 bridgehead atoms. The first-order chi connectivity index (χ1) is 14.8. The van der Waals surface area contributed by atoms with Crippen molar-refractivity contribution in [2.24, 2.45) is 0 Å². The number of hydrogen-bond acceptors (Lipinski definition) is 4. The van der Waals surface area contributed by atoms with Crippen molar-refractivity contribution in [1.29, 1.82) is 0 Å². The highest BCUT2D eigenvalue weighted by Gasteiger charge is 2.12. The Labute approximate surface area is 172 Å². The average Bonchev–Trinajstić information content (AvgIpc) is 3.44. The number of hydrogen-bond donors (Lipinski definition) is 2. The van der Waals surface area contributed by atoms with E-state index >= 15 is 0 Å². The lowest BCUT2D eigenvalue weighted by Crippen LogP contribution is -2.12. The monoisotopic (exact) mass is 397 g/mol. The van der Waals surface area contributed by atoms with Gasteiger partial charge in [0.1, 0.15) is 30.7 Å². The van der Waals surface area contributed by atoms with Crippen LogP contribution in [0.25, 0.3) is 21.7 Å².